The minimum Gasteiger partial charge on any atom is -0.450 e. The molecule has 4 rings (SSSR count). The maximum atomic E-state index is 12.8. The maximum Gasteiger partial charge on any atom is 0.350 e. The van der Waals surface area contributed by atoms with Gasteiger partial charge in [-0.25, -0.2) is 4.79 Å². The van der Waals surface area contributed by atoms with Crippen molar-refractivity contribution >= 4 is 17.5 Å². The molecule has 1 aliphatic carbocycles. The van der Waals surface area contributed by atoms with Gasteiger partial charge >= 0.3 is 5.69 Å². The quantitative estimate of drug-likeness (QED) is 0.220. The highest BCUT2D eigenvalue weighted by atomic mass is 16.5. The van der Waals surface area contributed by atoms with E-state index in [1.165, 1.54) is 5.56 Å². The van der Waals surface area contributed by atoms with Gasteiger partial charge in [-0.1, -0.05) is 26.8 Å². The van der Waals surface area contributed by atoms with Gasteiger partial charge in [0.25, 0.3) is 0 Å². The molecule has 1 aromatic heterocycles. The molecule has 1 fully saturated rings. The minimum atomic E-state index is -0.244. The Morgan fingerprint density at radius 1 is 1.24 bits per heavy atom. The maximum absolute atomic E-state index is 12.8. The second kappa shape index (κ2) is 9.43. The third kappa shape index (κ3) is 5.47. The number of nitrogens with zero attached hydrogens (tertiary/aromatic N) is 2. The number of nitrogens with two attached hydrogens (primary N) is 1. The predicted molar refractivity (Wildman–Crippen MR) is 131 cm³/mol. The Kier molecular flexibility index (Phi) is 6.60. The summed E-state index contributed by atoms with van der Waals surface area (Å²) in [4.78, 5) is 17.1. The van der Waals surface area contributed by atoms with E-state index >= 15 is 0 Å². The highest BCUT2D eigenvalue weighted by molar-refractivity contribution is 5.74. The van der Waals surface area contributed by atoms with Crippen LogP contribution in [0, 0.1) is 5.41 Å². The van der Waals surface area contributed by atoms with Crippen LogP contribution >= 0.6 is 0 Å². The molecule has 0 saturated heterocycles. The first kappa shape index (κ1) is 23.1. The fraction of sp³-hybridized carbons (Fsp3) is 0.542. The van der Waals surface area contributed by atoms with Crippen LogP contribution in [0.4, 0.5) is 11.5 Å². The number of hydrogen-bond donors (Lipinski definition) is 5. The van der Waals surface area contributed by atoms with Crippen LogP contribution in [-0.2, 0) is 5.41 Å². The van der Waals surface area contributed by atoms with E-state index in [1.807, 2.05) is 12.3 Å². The van der Waals surface area contributed by atoms with Gasteiger partial charge in [0.05, 0.1) is 11.9 Å². The Morgan fingerprint density at radius 3 is 2.70 bits per heavy atom. The zero-order valence-corrected chi connectivity index (χ0v) is 19.7. The van der Waals surface area contributed by atoms with E-state index in [4.69, 9.17) is 15.9 Å². The molecular formula is C24H35N7O2. The number of ether oxygens (including phenoxy) is 1. The number of anilines is 2. The lowest BCUT2D eigenvalue weighted by Crippen LogP contribution is -2.38. The lowest BCUT2D eigenvalue weighted by Gasteiger charge is -2.31. The number of fused-ring (bicyclic) bond motifs is 2. The molecule has 0 bridgehead atoms. The topological polar surface area (TPSA) is 130 Å². The van der Waals surface area contributed by atoms with E-state index in [9.17, 15) is 4.79 Å². The molecule has 1 aromatic carbocycles. The van der Waals surface area contributed by atoms with E-state index in [0.29, 0.717) is 24.2 Å². The zero-order chi connectivity index (χ0) is 23.6. The van der Waals surface area contributed by atoms with Crippen molar-refractivity contribution in [2.75, 3.05) is 18.4 Å². The van der Waals surface area contributed by atoms with Gasteiger partial charge in [-0.15, -0.1) is 0 Å². The number of guanidine groups is 1. The summed E-state index contributed by atoms with van der Waals surface area (Å²) in [5, 5.41) is 16.8. The summed E-state index contributed by atoms with van der Waals surface area (Å²) in [5.74, 6) is 1.82. The van der Waals surface area contributed by atoms with Crippen LogP contribution in [0.5, 0.6) is 11.5 Å². The zero-order valence-electron chi connectivity index (χ0n) is 19.7. The molecule has 0 spiro atoms. The van der Waals surface area contributed by atoms with Crippen LogP contribution in [0.3, 0.4) is 0 Å². The average Bonchev–Trinajstić information content (AvgIpc) is 2.76. The second-order valence-corrected chi connectivity index (χ2v) is 9.99. The van der Waals surface area contributed by atoms with Crippen molar-refractivity contribution in [1.82, 2.24) is 20.2 Å². The van der Waals surface area contributed by atoms with Crippen LogP contribution in [0.25, 0.3) is 0 Å². The van der Waals surface area contributed by atoms with Crippen molar-refractivity contribution in [3.05, 3.63) is 40.4 Å². The molecular weight excluding hydrogens is 418 g/mol. The minimum absolute atomic E-state index is 0.0111. The summed E-state index contributed by atoms with van der Waals surface area (Å²) in [7, 11) is 0. The monoisotopic (exact) mass is 453 g/mol. The number of rotatable bonds is 6. The first-order valence-electron chi connectivity index (χ1n) is 11.7. The summed E-state index contributed by atoms with van der Waals surface area (Å²) in [5.41, 5.74) is 7.10. The smallest absolute Gasteiger partial charge is 0.350 e. The summed E-state index contributed by atoms with van der Waals surface area (Å²) in [6.07, 6.45) is 6.57. The van der Waals surface area contributed by atoms with Crippen LogP contribution in [0.2, 0.25) is 0 Å². The molecule has 9 heteroatoms. The first-order valence-corrected chi connectivity index (χ1v) is 11.7. The number of nitrogens with one attached hydrogen (secondary N) is 4. The summed E-state index contributed by atoms with van der Waals surface area (Å²) in [6, 6.07) is 6.70. The van der Waals surface area contributed by atoms with E-state index in [2.05, 4.69) is 53.8 Å². The van der Waals surface area contributed by atoms with Crippen molar-refractivity contribution in [3.8, 4) is 11.5 Å². The molecule has 1 aliphatic heterocycles. The molecule has 0 unspecified atom stereocenters. The first-order chi connectivity index (χ1) is 15.7. The lowest BCUT2D eigenvalue weighted by molar-refractivity contribution is 0.282. The van der Waals surface area contributed by atoms with Crippen molar-refractivity contribution in [2.24, 2.45) is 5.73 Å². The SMILES string of the molecule is CC(C)(C)c1ccc2c(c1)Nc1nc(=O)n([C@H]3CC[C@H](NCCCNC(=N)N)CC3)cc1O2. The third-order valence-corrected chi connectivity index (χ3v) is 6.43. The Hall–Kier alpha value is -3.07. The van der Waals surface area contributed by atoms with Gasteiger partial charge in [-0.05, 0) is 61.8 Å². The Balaban J connectivity index is 1.38. The fourth-order valence-corrected chi connectivity index (χ4v) is 4.48. The van der Waals surface area contributed by atoms with Gasteiger partial charge in [0.2, 0.25) is 0 Å². The van der Waals surface area contributed by atoms with Gasteiger partial charge < -0.3 is 26.4 Å². The normalized spacial score (nSPS) is 19.6. The molecule has 1 saturated carbocycles. The molecule has 33 heavy (non-hydrogen) atoms. The van der Waals surface area contributed by atoms with Crippen LogP contribution in [-0.4, -0.2) is 34.6 Å². The molecule has 9 nitrogen and oxygen atoms in total. The van der Waals surface area contributed by atoms with Gasteiger partial charge in [0.15, 0.2) is 23.3 Å². The van der Waals surface area contributed by atoms with Crippen molar-refractivity contribution in [2.45, 2.75) is 70.4 Å². The molecule has 2 aliphatic rings. The number of benzene rings is 1. The van der Waals surface area contributed by atoms with Gasteiger partial charge in [0, 0.05) is 18.6 Å². The van der Waals surface area contributed by atoms with Crippen molar-refractivity contribution in [3.63, 3.8) is 0 Å². The number of hydrogen-bond acceptors (Lipinski definition) is 6. The van der Waals surface area contributed by atoms with Gasteiger partial charge in [-0.3, -0.25) is 9.98 Å². The Morgan fingerprint density at radius 2 is 2.00 bits per heavy atom. The lowest BCUT2D eigenvalue weighted by atomic mass is 9.86. The predicted octanol–water partition coefficient (Wildman–Crippen LogP) is 3.34. The van der Waals surface area contributed by atoms with E-state index in [1.54, 1.807) is 4.57 Å². The molecule has 2 aromatic rings. The molecule has 6 N–H and O–H groups in total. The molecule has 2 heterocycles. The standard InChI is InChI=1S/C24H35N7O2/c1-24(2,3)15-5-10-19-18(13-15)29-21-20(33-19)14-31(23(32)30-21)17-8-6-16(7-9-17)27-11-4-12-28-22(25)26/h5,10,13-14,16-17,27H,4,6-9,11-12H2,1-3H3,(H4,25,26,28)(H,29,30,32)/t16-,17-. The highest BCUT2D eigenvalue weighted by Crippen LogP contribution is 2.42. The van der Waals surface area contributed by atoms with Crippen molar-refractivity contribution < 1.29 is 4.74 Å². The fourth-order valence-electron chi connectivity index (χ4n) is 4.48. The summed E-state index contributed by atoms with van der Waals surface area (Å²) < 4.78 is 7.86. The largest absolute Gasteiger partial charge is 0.450 e. The highest BCUT2D eigenvalue weighted by Gasteiger charge is 2.26. The van der Waals surface area contributed by atoms with Gasteiger partial charge in [0.1, 0.15) is 0 Å². The van der Waals surface area contributed by atoms with E-state index in [0.717, 1.165) is 50.1 Å². The molecule has 0 amide bonds. The third-order valence-electron chi connectivity index (χ3n) is 6.43. The van der Waals surface area contributed by atoms with Crippen LogP contribution in [0.1, 0.15) is 64.5 Å². The molecule has 0 radical (unpaired) electrons. The Bertz CT molecular complexity index is 1070. The van der Waals surface area contributed by atoms with E-state index in [-0.39, 0.29) is 23.1 Å². The molecule has 0 atom stereocenters. The Labute approximate surface area is 194 Å². The van der Waals surface area contributed by atoms with Crippen LogP contribution < -0.4 is 32.1 Å². The van der Waals surface area contributed by atoms with Crippen molar-refractivity contribution in [1.29, 1.82) is 5.41 Å². The van der Waals surface area contributed by atoms with E-state index < -0.39 is 0 Å². The second-order valence-electron chi connectivity index (χ2n) is 9.99. The van der Waals surface area contributed by atoms with Gasteiger partial charge in [-0.2, -0.15) is 4.98 Å². The summed E-state index contributed by atoms with van der Waals surface area (Å²) >= 11 is 0. The summed E-state index contributed by atoms with van der Waals surface area (Å²) in [6.45, 7) is 8.08. The van der Waals surface area contributed by atoms with Crippen LogP contribution in [0.15, 0.2) is 29.2 Å². The number of aromatic nitrogens is 2. The average molecular weight is 454 g/mol. The molecule has 178 valence electrons.